The molecule has 1 aliphatic carbocycles. The Hall–Kier alpha value is -3.72. The fourth-order valence-electron chi connectivity index (χ4n) is 3.88. The average Bonchev–Trinajstić information content (AvgIpc) is 3.21. The first-order chi connectivity index (χ1) is 16.0. The molecule has 34 heavy (non-hydrogen) atoms. The van der Waals surface area contributed by atoms with Gasteiger partial charge < -0.3 is 10.2 Å². The minimum Gasteiger partial charge on any atom is -0.506 e. The quantitative estimate of drug-likeness (QED) is 0.512. The van der Waals surface area contributed by atoms with Crippen LogP contribution in [0.5, 0.6) is 0 Å². The van der Waals surface area contributed by atoms with Crippen LogP contribution in [0.1, 0.15) is 27.2 Å². The van der Waals surface area contributed by atoms with Crippen LogP contribution in [0.15, 0.2) is 87.9 Å². The predicted octanol–water partition coefficient (Wildman–Crippen LogP) is 4.62. The van der Waals surface area contributed by atoms with E-state index in [2.05, 4.69) is 10.2 Å². The molecular weight excluding hydrogens is 454 g/mol. The van der Waals surface area contributed by atoms with Crippen LogP contribution in [0.2, 0.25) is 0 Å². The lowest BCUT2D eigenvalue weighted by atomic mass is 9.77. The second kappa shape index (κ2) is 8.57. The molecule has 8 nitrogen and oxygen atoms in total. The van der Waals surface area contributed by atoms with Crippen LogP contribution >= 0.6 is 0 Å². The zero-order valence-corrected chi connectivity index (χ0v) is 19.8. The molecule has 3 aromatic rings. The molecule has 1 aromatic heterocycles. The van der Waals surface area contributed by atoms with E-state index in [1.165, 1.54) is 29.1 Å². The van der Waals surface area contributed by atoms with E-state index in [4.69, 9.17) is 5.11 Å². The second-order valence-corrected chi connectivity index (χ2v) is 11.1. The van der Waals surface area contributed by atoms with Crippen molar-refractivity contribution in [3.05, 3.63) is 78.1 Å². The fraction of sp³-hybridized carbons (Fsp3) is 0.240. The predicted molar refractivity (Wildman–Crippen MR) is 128 cm³/mol. The number of carbonyl (C=O) groups is 1. The summed E-state index contributed by atoms with van der Waals surface area (Å²) in [5.74, 6) is -1.30. The molecule has 2 aromatic carbocycles. The van der Waals surface area contributed by atoms with Gasteiger partial charge in [0.2, 0.25) is 9.84 Å². The van der Waals surface area contributed by atoms with E-state index < -0.39 is 15.8 Å². The van der Waals surface area contributed by atoms with Crippen molar-refractivity contribution in [3.63, 3.8) is 0 Å². The van der Waals surface area contributed by atoms with Gasteiger partial charge in [-0.2, -0.15) is 0 Å². The number of aliphatic carboxylic acids is 1. The van der Waals surface area contributed by atoms with E-state index in [1.54, 1.807) is 36.4 Å². The number of hydrogen-bond acceptors (Lipinski definition) is 6. The van der Waals surface area contributed by atoms with E-state index in [0.717, 1.165) is 11.6 Å². The molecule has 1 heterocycles. The van der Waals surface area contributed by atoms with Crippen LogP contribution in [-0.2, 0) is 14.6 Å². The van der Waals surface area contributed by atoms with Crippen molar-refractivity contribution in [2.45, 2.75) is 37.0 Å². The van der Waals surface area contributed by atoms with E-state index in [9.17, 15) is 18.3 Å². The first kappa shape index (κ1) is 23.4. The Labute approximate surface area is 197 Å². The summed E-state index contributed by atoms with van der Waals surface area (Å²) in [5.41, 5.74) is 1.51. The molecule has 0 saturated carbocycles. The third-order valence-electron chi connectivity index (χ3n) is 5.66. The number of sulfone groups is 1. The zero-order chi connectivity index (χ0) is 24.7. The van der Waals surface area contributed by atoms with E-state index in [-0.39, 0.29) is 26.9 Å². The standard InChI is InChI=1S/C25H25N3O5S/c1-25(2,3)19-13-16(9-12-23(29)30)14-22(24(19)31)28-26-20-11-10-18(15-21(20)27-28)34(32,33)17-7-5-4-6-8-17/h4-12,14-16,31H,13H2,1-3H3,(H,29,30). The second-order valence-electron chi connectivity index (χ2n) is 9.15. The molecular formula is C25H25N3O5S. The smallest absolute Gasteiger partial charge is 0.327 e. The summed E-state index contributed by atoms with van der Waals surface area (Å²) in [7, 11) is -3.72. The first-order valence-electron chi connectivity index (χ1n) is 10.7. The van der Waals surface area contributed by atoms with Crippen LogP contribution in [0.4, 0.5) is 0 Å². The number of aromatic nitrogens is 3. The number of carboxylic acid groups (broad SMARTS) is 1. The van der Waals surface area contributed by atoms with Crippen LogP contribution in [0.25, 0.3) is 16.7 Å². The number of allylic oxidation sites excluding steroid dienone is 4. The third-order valence-corrected chi connectivity index (χ3v) is 7.43. The van der Waals surface area contributed by atoms with Gasteiger partial charge in [-0.05, 0) is 53.8 Å². The van der Waals surface area contributed by atoms with Crippen molar-refractivity contribution in [1.29, 1.82) is 0 Å². The van der Waals surface area contributed by atoms with Crippen molar-refractivity contribution in [3.8, 4) is 0 Å². The number of carboxylic acids is 1. The van der Waals surface area contributed by atoms with Gasteiger partial charge >= 0.3 is 5.97 Å². The van der Waals surface area contributed by atoms with Gasteiger partial charge in [-0.3, -0.25) is 0 Å². The van der Waals surface area contributed by atoms with Crippen LogP contribution in [-0.4, -0.2) is 39.6 Å². The monoisotopic (exact) mass is 479 g/mol. The third kappa shape index (κ3) is 4.51. The highest BCUT2D eigenvalue weighted by Crippen LogP contribution is 2.40. The maximum Gasteiger partial charge on any atom is 0.327 e. The lowest BCUT2D eigenvalue weighted by Gasteiger charge is -2.30. The van der Waals surface area contributed by atoms with Gasteiger partial charge in [0.1, 0.15) is 22.5 Å². The highest BCUT2D eigenvalue weighted by Gasteiger charge is 2.30. The number of aliphatic hydroxyl groups is 1. The molecule has 0 spiro atoms. The molecule has 2 N–H and O–H groups in total. The van der Waals surface area contributed by atoms with Gasteiger partial charge in [-0.15, -0.1) is 15.0 Å². The summed E-state index contributed by atoms with van der Waals surface area (Å²) >= 11 is 0. The molecule has 0 bridgehead atoms. The molecule has 0 saturated heterocycles. The Balaban J connectivity index is 1.80. The Morgan fingerprint density at radius 2 is 1.74 bits per heavy atom. The molecule has 1 atom stereocenters. The number of nitrogens with zero attached hydrogens (tertiary/aromatic N) is 3. The number of aliphatic hydroxyl groups excluding tert-OH is 1. The number of fused-ring (bicyclic) bond motifs is 1. The van der Waals surface area contributed by atoms with Gasteiger partial charge in [0.05, 0.1) is 9.79 Å². The molecule has 0 fully saturated rings. The van der Waals surface area contributed by atoms with Gasteiger partial charge in [-0.25, -0.2) is 13.2 Å². The lowest BCUT2D eigenvalue weighted by Crippen LogP contribution is -2.21. The fourth-order valence-corrected chi connectivity index (χ4v) is 5.19. The van der Waals surface area contributed by atoms with Crippen LogP contribution in [0, 0.1) is 11.3 Å². The van der Waals surface area contributed by atoms with Crippen molar-refractivity contribution in [1.82, 2.24) is 15.0 Å². The maximum atomic E-state index is 13.0. The topological polar surface area (TPSA) is 122 Å². The number of rotatable bonds is 5. The number of benzene rings is 2. The SMILES string of the molecule is CC(C)(C)C1=C(O)C(n2nc3ccc(S(=O)(=O)c4ccccc4)cc3n2)=CC(C=CC(=O)O)C1. The molecule has 0 aliphatic heterocycles. The molecule has 1 unspecified atom stereocenters. The molecule has 0 amide bonds. The summed E-state index contributed by atoms with van der Waals surface area (Å²) < 4.78 is 26.0. The minimum atomic E-state index is -3.72. The van der Waals surface area contributed by atoms with Gasteiger partial charge in [0.15, 0.2) is 0 Å². The van der Waals surface area contributed by atoms with Crippen molar-refractivity contribution < 1.29 is 23.4 Å². The minimum absolute atomic E-state index is 0.0323. The summed E-state index contributed by atoms with van der Waals surface area (Å²) in [6.07, 6.45) is 4.82. The number of hydrogen-bond donors (Lipinski definition) is 2. The van der Waals surface area contributed by atoms with Crippen LogP contribution in [0.3, 0.4) is 0 Å². The normalized spacial score (nSPS) is 17.4. The largest absolute Gasteiger partial charge is 0.506 e. The molecule has 176 valence electrons. The van der Waals surface area contributed by atoms with Crippen molar-refractivity contribution in [2.24, 2.45) is 11.3 Å². The van der Waals surface area contributed by atoms with Crippen molar-refractivity contribution in [2.75, 3.05) is 0 Å². The average molecular weight is 480 g/mol. The summed E-state index contributed by atoms with van der Waals surface area (Å²) in [4.78, 5) is 12.6. The molecule has 9 heteroatoms. The molecule has 0 radical (unpaired) electrons. The summed E-state index contributed by atoms with van der Waals surface area (Å²) in [6, 6.07) is 12.6. The Bertz CT molecular complexity index is 1460. The van der Waals surface area contributed by atoms with Gasteiger partial charge in [0.25, 0.3) is 0 Å². The van der Waals surface area contributed by atoms with E-state index in [1.807, 2.05) is 20.8 Å². The molecule has 4 rings (SSSR count). The lowest BCUT2D eigenvalue weighted by molar-refractivity contribution is -0.131. The van der Waals surface area contributed by atoms with E-state index >= 15 is 0 Å². The Morgan fingerprint density at radius 1 is 1.06 bits per heavy atom. The summed E-state index contributed by atoms with van der Waals surface area (Å²) in [6.45, 7) is 5.90. The maximum absolute atomic E-state index is 13.0. The van der Waals surface area contributed by atoms with Crippen LogP contribution < -0.4 is 0 Å². The van der Waals surface area contributed by atoms with E-state index in [0.29, 0.717) is 23.2 Å². The first-order valence-corrected chi connectivity index (χ1v) is 12.2. The summed E-state index contributed by atoms with van der Waals surface area (Å²) in [5, 5.41) is 28.9. The molecule has 1 aliphatic rings. The van der Waals surface area contributed by atoms with Gasteiger partial charge in [-0.1, -0.05) is 45.0 Å². The van der Waals surface area contributed by atoms with Gasteiger partial charge in [0, 0.05) is 12.0 Å². The highest BCUT2D eigenvalue weighted by molar-refractivity contribution is 7.91. The van der Waals surface area contributed by atoms with Crippen molar-refractivity contribution >= 4 is 32.5 Å². The Morgan fingerprint density at radius 3 is 2.38 bits per heavy atom. The highest BCUT2D eigenvalue weighted by atomic mass is 32.2. The zero-order valence-electron chi connectivity index (χ0n) is 19.0. The Kier molecular flexibility index (Phi) is 5.91.